The maximum atomic E-state index is 10.4. The number of hydrogen-bond donors (Lipinski definition) is 3. The van der Waals surface area contributed by atoms with Crippen molar-refractivity contribution >= 4 is 11.9 Å². The molecule has 0 aliphatic rings. The Labute approximate surface area is 179 Å². The number of carboxylic acid groups (broad SMARTS) is 2. The number of unbranched alkanes of at least 4 members (excludes halogenated alkanes) is 16. The second kappa shape index (κ2) is 23.2. The van der Waals surface area contributed by atoms with Gasteiger partial charge >= 0.3 is 11.9 Å². The molecule has 0 spiro atoms. The van der Waals surface area contributed by atoms with Gasteiger partial charge in [0.15, 0.2) is 0 Å². The van der Waals surface area contributed by atoms with Crippen LogP contribution in [0.2, 0.25) is 0 Å². The molecule has 0 atom stereocenters. The Balaban J connectivity index is 3.01. The van der Waals surface area contributed by atoms with Crippen molar-refractivity contribution in [2.75, 3.05) is 13.1 Å². The van der Waals surface area contributed by atoms with Crippen molar-refractivity contribution in [1.29, 1.82) is 0 Å². The molecule has 0 aliphatic carbocycles. The molecular weight excluding hydrogens is 366 g/mol. The van der Waals surface area contributed by atoms with Gasteiger partial charge in [-0.15, -0.1) is 0 Å². The Kier molecular flexibility index (Phi) is 22.3. The van der Waals surface area contributed by atoms with E-state index in [1.165, 1.54) is 96.3 Å². The van der Waals surface area contributed by atoms with Crippen molar-refractivity contribution in [1.82, 2.24) is 5.32 Å². The van der Waals surface area contributed by atoms with Crippen molar-refractivity contribution in [2.45, 2.75) is 128 Å². The molecule has 0 rings (SSSR count). The van der Waals surface area contributed by atoms with Crippen molar-refractivity contribution in [2.24, 2.45) is 0 Å². The SMILES string of the molecule is O=C(O)CCCCCCCCCCCCCCCCCCCNCCCC(=O)O. The highest BCUT2D eigenvalue weighted by Gasteiger charge is 1.98. The fourth-order valence-electron chi connectivity index (χ4n) is 3.67. The fraction of sp³-hybridized carbons (Fsp3) is 0.917. The van der Waals surface area contributed by atoms with Gasteiger partial charge in [-0.2, -0.15) is 0 Å². The van der Waals surface area contributed by atoms with E-state index in [9.17, 15) is 9.59 Å². The summed E-state index contributed by atoms with van der Waals surface area (Å²) in [6.45, 7) is 1.84. The van der Waals surface area contributed by atoms with Crippen LogP contribution in [0.5, 0.6) is 0 Å². The minimum absolute atomic E-state index is 0.268. The summed E-state index contributed by atoms with van der Waals surface area (Å²) in [5.41, 5.74) is 0. The van der Waals surface area contributed by atoms with E-state index in [1.807, 2.05) is 0 Å². The van der Waals surface area contributed by atoms with Crippen molar-refractivity contribution < 1.29 is 19.8 Å². The van der Waals surface area contributed by atoms with Gasteiger partial charge in [-0.05, 0) is 32.4 Å². The van der Waals surface area contributed by atoms with E-state index in [0.717, 1.165) is 32.4 Å². The van der Waals surface area contributed by atoms with Crippen LogP contribution in [-0.4, -0.2) is 35.2 Å². The molecule has 0 fully saturated rings. The van der Waals surface area contributed by atoms with Crippen molar-refractivity contribution in [3.8, 4) is 0 Å². The van der Waals surface area contributed by atoms with Gasteiger partial charge in [0.25, 0.3) is 0 Å². The van der Waals surface area contributed by atoms with Crippen LogP contribution in [0.15, 0.2) is 0 Å². The second-order valence-corrected chi connectivity index (χ2v) is 8.40. The van der Waals surface area contributed by atoms with Gasteiger partial charge in [-0.25, -0.2) is 0 Å². The first-order valence-corrected chi connectivity index (χ1v) is 12.3. The highest BCUT2D eigenvalue weighted by atomic mass is 16.4. The number of carbonyl (C=O) groups is 2. The Morgan fingerprint density at radius 2 is 0.690 bits per heavy atom. The normalized spacial score (nSPS) is 11.0. The van der Waals surface area contributed by atoms with Gasteiger partial charge < -0.3 is 15.5 Å². The highest BCUT2D eigenvalue weighted by Crippen LogP contribution is 2.14. The smallest absolute Gasteiger partial charge is 0.303 e. The number of hydrogen-bond acceptors (Lipinski definition) is 3. The lowest BCUT2D eigenvalue weighted by Crippen LogP contribution is -2.17. The first-order valence-electron chi connectivity index (χ1n) is 12.3. The zero-order valence-corrected chi connectivity index (χ0v) is 18.8. The molecule has 29 heavy (non-hydrogen) atoms. The minimum atomic E-state index is -0.704. The molecule has 0 bridgehead atoms. The predicted molar refractivity (Wildman–Crippen MR) is 120 cm³/mol. The molecule has 0 saturated heterocycles. The molecule has 3 N–H and O–H groups in total. The van der Waals surface area contributed by atoms with E-state index in [4.69, 9.17) is 10.2 Å². The third-order valence-corrected chi connectivity index (χ3v) is 5.49. The van der Waals surface area contributed by atoms with E-state index < -0.39 is 11.9 Å². The Bertz CT molecular complexity index is 340. The van der Waals surface area contributed by atoms with Gasteiger partial charge in [0, 0.05) is 12.8 Å². The molecule has 5 nitrogen and oxygen atoms in total. The summed E-state index contributed by atoms with van der Waals surface area (Å²) < 4.78 is 0. The lowest BCUT2D eigenvalue weighted by atomic mass is 10.0. The van der Waals surface area contributed by atoms with Crippen LogP contribution in [-0.2, 0) is 9.59 Å². The van der Waals surface area contributed by atoms with E-state index in [2.05, 4.69) is 5.32 Å². The lowest BCUT2D eigenvalue weighted by Gasteiger charge is -2.05. The Hall–Kier alpha value is -1.10. The van der Waals surface area contributed by atoms with Gasteiger partial charge in [0.05, 0.1) is 0 Å². The summed E-state index contributed by atoms with van der Waals surface area (Å²) in [7, 11) is 0. The Morgan fingerprint density at radius 3 is 1.07 bits per heavy atom. The van der Waals surface area contributed by atoms with E-state index >= 15 is 0 Å². The molecule has 0 radical (unpaired) electrons. The van der Waals surface area contributed by atoms with Crippen LogP contribution in [0.3, 0.4) is 0 Å². The molecule has 5 heteroatoms. The number of rotatable bonds is 24. The van der Waals surface area contributed by atoms with Crippen LogP contribution in [0, 0.1) is 0 Å². The van der Waals surface area contributed by atoms with Crippen molar-refractivity contribution in [3.63, 3.8) is 0 Å². The maximum Gasteiger partial charge on any atom is 0.303 e. The van der Waals surface area contributed by atoms with Crippen LogP contribution < -0.4 is 5.32 Å². The molecule has 0 heterocycles. The third-order valence-electron chi connectivity index (χ3n) is 5.49. The first-order chi connectivity index (χ1) is 14.1. The van der Waals surface area contributed by atoms with Gasteiger partial charge in [0.1, 0.15) is 0 Å². The predicted octanol–water partition coefficient (Wildman–Crippen LogP) is 6.55. The average molecular weight is 414 g/mol. The summed E-state index contributed by atoms with van der Waals surface area (Å²) in [6.07, 6.45) is 23.1. The summed E-state index contributed by atoms with van der Waals surface area (Å²) in [4.78, 5) is 20.8. The molecule has 0 aliphatic heterocycles. The summed E-state index contributed by atoms with van der Waals surface area (Å²) in [5.74, 6) is -1.37. The van der Waals surface area contributed by atoms with Gasteiger partial charge in [-0.3, -0.25) is 9.59 Å². The zero-order valence-electron chi connectivity index (χ0n) is 18.8. The Morgan fingerprint density at radius 1 is 0.414 bits per heavy atom. The molecule has 0 aromatic rings. The quantitative estimate of drug-likeness (QED) is 0.156. The molecule has 0 aromatic carbocycles. The van der Waals surface area contributed by atoms with Crippen LogP contribution in [0.1, 0.15) is 128 Å². The monoisotopic (exact) mass is 413 g/mol. The maximum absolute atomic E-state index is 10.4. The fourth-order valence-corrected chi connectivity index (χ4v) is 3.67. The van der Waals surface area contributed by atoms with Crippen LogP contribution >= 0.6 is 0 Å². The van der Waals surface area contributed by atoms with E-state index in [0.29, 0.717) is 6.42 Å². The van der Waals surface area contributed by atoms with Crippen LogP contribution in [0.4, 0.5) is 0 Å². The standard InChI is InChI=1S/C24H47NO4/c26-23(27)19-16-14-12-10-8-6-4-2-1-3-5-7-9-11-13-15-17-21-25-22-18-20-24(28)29/h25H,1-22H2,(H,26,27)(H,28,29). The molecular formula is C24H47NO4. The summed E-state index contributed by atoms with van der Waals surface area (Å²) in [5, 5.41) is 20.4. The highest BCUT2D eigenvalue weighted by molar-refractivity contribution is 5.66. The van der Waals surface area contributed by atoms with Gasteiger partial charge in [0.2, 0.25) is 0 Å². The number of nitrogens with one attached hydrogen (secondary N) is 1. The molecule has 172 valence electrons. The largest absolute Gasteiger partial charge is 0.481 e. The van der Waals surface area contributed by atoms with Crippen molar-refractivity contribution in [3.05, 3.63) is 0 Å². The van der Waals surface area contributed by atoms with E-state index in [1.54, 1.807) is 0 Å². The first kappa shape index (κ1) is 27.9. The minimum Gasteiger partial charge on any atom is -0.481 e. The van der Waals surface area contributed by atoms with Crippen LogP contribution in [0.25, 0.3) is 0 Å². The average Bonchev–Trinajstić information content (AvgIpc) is 2.68. The number of carboxylic acids is 2. The van der Waals surface area contributed by atoms with Gasteiger partial charge in [-0.1, -0.05) is 96.3 Å². The van der Waals surface area contributed by atoms with E-state index in [-0.39, 0.29) is 6.42 Å². The topological polar surface area (TPSA) is 86.6 Å². The zero-order chi connectivity index (χ0) is 21.4. The third kappa shape index (κ3) is 26.9. The second-order valence-electron chi connectivity index (χ2n) is 8.40. The lowest BCUT2D eigenvalue weighted by molar-refractivity contribution is -0.138. The molecule has 0 amide bonds. The molecule has 0 unspecified atom stereocenters. The molecule has 0 saturated carbocycles. The molecule has 0 aromatic heterocycles. The summed E-state index contributed by atoms with van der Waals surface area (Å²) in [6, 6.07) is 0. The summed E-state index contributed by atoms with van der Waals surface area (Å²) >= 11 is 0. The number of aliphatic carboxylic acids is 2.